The normalized spacial score (nSPS) is 22.7. The SMILES string of the molecule is CCOC(=O)[C@@H]1C(=O)NC(C(=O)OCC)(C(=O)OCC)[C@H]1[C@@H](C)CC. The second-order valence-electron chi connectivity index (χ2n) is 5.88. The zero-order valence-electron chi connectivity index (χ0n) is 15.4. The van der Waals surface area contributed by atoms with Crippen molar-refractivity contribution < 1.29 is 33.4 Å². The van der Waals surface area contributed by atoms with Gasteiger partial charge in [0.1, 0.15) is 5.92 Å². The minimum atomic E-state index is -2.05. The summed E-state index contributed by atoms with van der Waals surface area (Å²) >= 11 is 0. The summed E-state index contributed by atoms with van der Waals surface area (Å²) in [5.41, 5.74) is -2.05. The van der Waals surface area contributed by atoms with E-state index in [4.69, 9.17) is 14.2 Å². The van der Waals surface area contributed by atoms with E-state index in [1.165, 1.54) is 0 Å². The first-order valence-corrected chi connectivity index (χ1v) is 8.64. The zero-order valence-corrected chi connectivity index (χ0v) is 15.4. The number of rotatable bonds is 8. The van der Waals surface area contributed by atoms with E-state index in [0.29, 0.717) is 6.42 Å². The molecule has 25 heavy (non-hydrogen) atoms. The van der Waals surface area contributed by atoms with Gasteiger partial charge in [-0.15, -0.1) is 0 Å². The Morgan fingerprint density at radius 3 is 1.88 bits per heavy atom. The molecule has 1 amide bonds. The molecule has 1 fully saturated rings. The molecule has 1 aliphatic rings. The van der Waals surface area contributed by atoms with Crippen LogP contribution in [0.15, 0.2) is 0 Å². The molecule has 8 heteroatoms. The minimum absolute atomic E-state index is 0.0210. The van der Waals surface area contributed by atoms with Gasteiger partial charge in [-0.2, -0.15) is 0 Å². The third-order valence-electron chi connectivity index (χ3n) is 4.45. The molecule has 0 saturated carbocycles. The summed E-state index contributed by atoms with van der Waals surface area (Å²) in [5.74, 6) is -5.88. The quantitative estimate of drug-likeness (QED) is 0.389. The second kappa shape index (κ2) is 8.82. The van der Waals surface area contributed by atoms with Gasteiger partial charge < -0.3 is 19.5 Å². The number of carbonyl (C=O) groups excluding carboxylic acids is 4. The van der Waals surface area contributed by atoms with Gasteiger partial charge in [0.05, 0.1) is 19.8 Å². The third-order valence-corrected chi connectivity index (χ3v) is 4.45. The Morgan fingerprint density at radius 2 is 1.48 bits per heavy atom. The maximum absolute atomic E-state index is 12.7. The number of carbonyl (C=O) groups is 4. The highest BCUT2D eigenvalue weighted by atomic mass is 16.6. The number of nitrogens with one attached hydrogen (secondary N) is 1. The summed E-state index contributed by atoms with van der Waals surface area (Å²) in [7, 11) is 0. The number of amides is 1. The lowest BCUT2D eigenvalue weighted by atomic mass is 9.71. The summed E-state index contributed by atoms with van der Waals surface area (Å²) in [6, 6.07) is 0. The second-order valence-corrected chi connectivity index (χ2v) is 5.88. The van der Waals surface area contributed by atoms with Gasteiger partial charge in [-0.3, -0.25) is 9.59 Å². The summed E-state index contributed by atoms with van der Waals surface area (Å²) in [6.45, 7) is 8.54. The van der Waals surface area contributed by atoms with Crippen LogP contribution in [-0.4, -0.2) is 49.2 Å². The van der Waals surface area contributed by atoms with Crippen molar-refractivity contribution in [1.82, 2.24) is 5.32 Å². The maximum Gasteiger partial charge on any atom is 0.344 e. The summed E-state index contributed by atoms with van der Waals surface area (Å²) in [4.78, 5) is 50.3. The van der Waals surface area contributed by atoms with Gasteiger partial charge >= 0.3 is 17.9 Å². The van der Waals surface area contributed by atoms with E-state index in [1.54, 1.807) is 27.7 Å². The van der Waals surface area contributed by atoms with E-state index < -0.39 is 41.2 Å². The zero-order chi connectivity index (χ0) is 19.2. The Balaban J connectivity index is 3.50. The van der Waals surface area contributed by atoms with Crippen molar-refractivity contribution in [2.75, 3.05) is 19.8 Å². The average Bonchev–Trinajstić information content (AvgIpc) is 2.89. The molecule has 1 N–H and O–H groups in total. The summed E-state index contributed by atoms with van der Waals surface area (Å²) in [6.07, 6.45) is 0.538. The lowest BCUT2D eigenvalue weighted by Crippen LogP contribution is -2.62. The van der Waals surface area contributed by atoms with Crippen LogP contribution < -0.4 is 5.32 Å². The van der Waals surface area contributed by atoms with E-state index in [9.17, 15) is 19.2 Å². The Morgan fingerprint density at radius 1 is 1.00 bits per heavy atom. The van der Waals surface area contributed by atoms with Crippen molar-refractivity contribution in [3.05, 3.63) is 0 Å². The van der Waals surface area contributed by atoms with Crippen LogP contribution >= 0.6 is 0 Å². The smallest absolute Gasteiger partial charge is 0.344 e. The van der Waals surface area contributed by atoms with E-state index in [2.05, 4.69) is 5.32 Å². The predicted molar refractivity (Wildman–Crippen MR) is 87.2 cm³/mol. The lowest BCUT2D eigenvalue weighted by molar-refractivity contribution is -0.170. The lowest BCUT2D eigenvalue weighted by Gasteiger charge is -2.34. The van der Waals surface area contributed by atoms with Crippen LogP contribution in [0.3, 0.4) is 0 Å². The highest BCUT2D eigenvalue weighted by Gasteiger charge is 2.67. The van der Waals surface area contributed by atoms with Crippen molar-refractivity contribution in [2.45, 2.75) is 46.6 Å². The largest absolute Gasteiger partial charge is 0.465 e. The number of esters is 3. The van der Waals surface area contributed by atoms with Gasteiger partial charge in [-0.25, -0.2) is 9.59 Å². The van der Waals surface area contributed by atoms with Crippen molar-refractivity contribution in [1.29, 1.82) is 0 Å². The minimum Gasteiger partial charge on any atom is -0.465 e. The molecular formula is C17H27NO7. The average molecular weight is 357 g/mol. The van der Waals surface area contributed by atoms with E-state index in [1.807, 2.05) is 6.92 Å². The van der Waals surface area contributed by atoms with Gasteiger partial charge in [0.2, 0.25) is 11.4 Å². The molecule has 0 aliphatic carbocycles. The Kier molecular flexibility index (Phi) is 7.38. The van der Waals surface area contributed by atoms with E-state index >= 15 is 0 Å². The van der Waals surface area contributed by atoms with Gasteiger partial charge in [0.25, 0.3) is 0 Å². The van der Waals surface area contributed by atoms with Gasteiger partial charge in [-0.05, 0) is 26.7 Å². The van der Waals surface area contributed by atoms with E-state index in [-0.39, 0.29) is 25.7 Å². The number of ether oxygens (including phenoxy) is 3. The fourth-order valence-electron chi connectivity index (χ4n) is 3.21. The third kappa shape index (κ3) is 3.77. The van der Waals surface area contributed by atoms with Crippen LogP contribution in [0.25, 0.3) is 0 Å². The topological polar surface area (TPSA) is 108 Å². The molecule has 1 heterocycles. The van der Waals surface area contributed by atoms with Crippen LogP contribution in [0.4, 0.5) is 0 Å². The Labute approximate surface area is 147 Å². The highest BCUT2D eigenvalue weighted by Crippen LogP contribution is 2.41. The first-order valence-electron chi connectivity index (χ1n) is 8.64. The number of hydrogen-bond acceptors (Lipinski definition) is 7. The molecule has 1 rings (SSSR count). The van der Waals surface area contributed by atoms with Crippen molar-refractivity contribution in [3.63, 3.8) is 0 Å². The summed E-state index contributed by atoms with van der Waals surface area (Å²) < 4.78 is 15.1. The summed E-state index contributed by atoms with van der Waals surface area (Å²) in [5, 5.41) is 2.40. The molecule has 0 aromatic carbocycles. The molecule has 0 bridgehead atoms. The molecule has 1 aliphatic heterocycles. The highest BCUT2D eigenvalue weighted by molar-refractivity contribution is 6.15. The first-order chi connectivity index (χ1) is 11.8. The van der Waals surface area contributed by atoms with Crippen molar-refractivity contribution >= 4 is 23.8 Å². The molecule has 142 valence electrons. The van der Waals surface area contributed by atoms with Gasteiger partial charge in [-0.1, -0.05) is 20.3 Å². The van der Waals surface area contributed by atoms with Crippen molar-refractivity contribution in [3.8, 4) is 0 Å². The standard InChI is InChI=1S/C17H27NO7/c1-6-10(5)12-11(14(20)23-7-2)13(19)18-17(12,15(21)24-8-3)16(22)25-9-4/h10-12H,6-9H2,1-5H3,(H,18,19)/t10-,11-,12-/m0/s1. The monoisotopic (exact) mass is 357 g/mol. The fraction of sp³-hybridized carbons (Fsp3) is 0.765. The van der Waals surface area contributed by atoms with Gasteiger partial charge in [0, 0.05) is 5.92 Å². The Hall–Kier alpha value is -2.12. The molecular weight excluding hydrogens is 330 g/mol. The van der Waals surface area contributed by atoms with Crippen LogP contribution in [0.2, 0.25) is 0 Å². The van der Waals surface area contributed by atoms with E-state index in [0.717, 1.165) is 0 Å². The van der Waals surface area contributed by atoms with Crippen LogP contribution in [0.5, 0.6) is 0 Å². The molecule has 3 atom stereocenters. The first kappa shape index (κ1) is 20.9. The maximum atomic E-state index is 12.7. The molecule has 0 unspecified atom stereocenters. The van der Waals surface area contributed by atoms with Crippen LogP contribution in [-0.2, 0) is 33.4 Å². The molecule has 0 aromatic rings. The molecule has 1 saturated heterocycles. The molecule has 0 aromatic heterocycles. The van der Waals surface area contributed by atoms with Crippen LogP contribution in [0, 0.1) is 17.8 Å². The van der Waals surface area contributed by atoms with Crippen molar-refractivity contribution in [2.24, 2.45) is 17.8 Å². The van der Waals surface area contributed by atoms with Crippen LogP contribution in [0.1, 0.15) is 41.0 Å². The fourth-order valence-corrected chi connectivity index (χ4v) is 3.21. The molecule has 0 spiro atoms. The van der Waals surface area contributed by atoms with Gasteiger partial charge in [0.15, 0.2) is 0 Å². The Bertz CT molecular complexity index is 513. The molecule has 8 nitrogen and oxygen atoms in total. The molecule has 0 radical (unpaired) electrons. The number of hydrogen-bond donors (Lipinski definition) is 1. The predicted octanol–water partition coefficient (Wildman–Crippen LogP) is 0.823.